The Morgan fingerprint density at radius 1 is 1.41 bits per heavy atom. The van der Waals surface area contributed by atoms with Crippen LogP contribution in [0.4, 0.5) is 0 Å². The SMILES string of the molecule is COc1cc(C=C(C)CBr)cc2c1OCCO2. The van der Waals surface area contributed by atoms with Crippen LogP contribution in [0.2, 0.25) is 0 Å². The average molecular weight is 299 g/mol. The molecule has 2 rings (SSSR count). The van der Waals surface area contributed by atoms with Crippen LogP contribution < -0.4 is 14.2 Å². The molecule has 0 fully saturated rings. The fourth-order valence-corrected chi connectivity index (χ4v) is 1.86. The monoisotopic (exact) mass is 298 g/mol. The lowest BCUT2D eigenvalue weighted by Gasteiger charge is -2.21. The first-order valence-electron chi connectivity index (χ1n) is 5.45. The Bertz CT molecular complexity index is 423. The van der Waals surface area contributed by atoms with E-state index in [0.717, 1.165) is 22.4 Å². The van der Waals surface area contributed by atoms with Crippen molar-refractivity contribution in [1.29, 1.82) is 0 Å². The van der Waals surface area contributed by atoms with E-state index in [4.69, 9.17) is 14.2 Å². The maximum atomic E-state index is 5.58. The number of hydrogen-bond acceptors (Lipinski definition) is 3. The van der Waals surface area contributed by atoms with E-state index in [1.807, 2.05) is 12.1 Å². The van der Waals surface area contributed by atoms with Crippen LogP contribution in [0, 0.1) is 0 Å². The van der Waals surface area contributed by atoms with Crippen molar-refractivity contribution in [3.8, 4) is 17.2 Å². The third-order valence-corrected chi connectivity index (χ3v) is 3.36. The quantitative estimate of drug-likeness (QED) is 0.802. The van der Waals surface area contributed by atoms with Gasteiger partial charge in [0.05, 0.1) is 7.11 Å². The Kier molecular flexibility index (Phi) is 3.94. The Morgan fingerprint density at radius 2 is 2.18 bits per heavy atom. The summed E-state index contributed by atoms with van der Waals surface area (Å²) in [5, 5.41) is 0.851. The van der Waals surface area contributed by atoms with Gasteiger partial charge in [-0.3, -0.25) is 0 Å². The average Bonchev–Trinajstić information content (AvgIpc) is 2.37. The summed E-state index contributed by atoms with van der Waals surface area (Å²) in [4.78, 5) is 0. The summed E-state index contributed by atoms with van der Waals surface area (Å²) < 4.78 is 16.5. The lowest BCUT2D eigenvalue weighted by molar-refractivity contribution is 0.165. The standard InChI is InChI=1S/C13H15BrO3/c1-9(8-14)5-10-6-11(15-2)13-12(7-10)16-3-4-17-13/h5-7H,3-4,8H2,1-2H3. The van der Waals surface area contributed by atoms with Gasteiger partial charge in [-0.05, 0) is 24.6 Å². The second-order valence-electron chi connectivity index (χ2n) is 3.87. The lowest BCUT2D eigenvalue weighted by Crippen LogP contribution is -2.16. The van der Waals surface area contributed by atoms with Crippen LogP contribution >= 0.6 is 15.9 Å². The smallest absolute Gasteiger partial charge is 0.203 e. The summed E-state index contributed by atoms with van der Waals surface area (Å²) >= 11 is 3.43. The molecule has 0 radical (unpaired) electrons. The molecule has 92 valence electrons. The summed E-state index contributed by atoms with van der Waals surface area (Å²) in [6, 6.07) is 3.93. The molecule has 0 atom stereocenters. The number of hydrogen-bond donors (Lipinski definition) is 0. The van der Waals surface area contributed by atoms with Gasteiger partial charge in [-0.25, -0.2) is 0 Å². The second kappa shape index (κ2) is 5.45. The third kappa shape index (κ3) is 2.75. The van der Waals surface area contributed by atoms with Gasteiger partial charge in [0.1, 0.15) is 13.2 Å². The zero-order chi connectivity index (χ0) is 12.3. The van der Waals surface area contributed by atoms with Crippen molar-refractivity contribution in [3.63, 3.8) is 0 Å². The highest BCUT2D eigenvalue weighted by Crippen LogP contribution is 2.40. The number of methoxy groups -OCH3 is 1. The number of rotatable bonds is 3. The van der Waals surface area contributed by atoms with Crippen LogP contribution in [0.25, 0.3) is 6.08 Å². The fraction of sp³-hybridized carbons (Fsp3) is 0.385. The molecule has 0 N–H and O–H groups in total. The number of fused-ring (bicyclic) bond motifs is 1. The first-order chi connectivity index (χ1) is 8.24. The van der Waals surface area contributed by atoms with Gasteiger partial charge in [-0.15, -0.1) is 0 Å². The van der Waals surface area contributed by atoms with Crippen molar-refractivity contribution < 1.29 is 14.2 Å². The molecule has 3 nitrogen and oxygen atoms in total. The number of alkyl halides is 1. The van der Waals surface area contributed by atoms with Crippen molar-refractivity contribution in [3.05, 3.63) is 23.3 Å². The van der Waals surface area contributed by atoms with Gasteiger partial charge >= 0.3 is 0 Å². The molecule has 1 aliphatic rings. The Hall–Kier alpha value is -1.16. The molecular weight excluding hydrogens is 284 g/mol. The number of ether oxygens (including phenoxy) is 3. The highest BCUT2D eigenvalue weighted by molar-refractivity contribution is 9.09. The molecule has 0 saturated heterocycles. The molecule has 0 unspecified atom stereocenters. The summed E-state index contributed by atoms with van der Waals surface area (Å²) in [5.74, 6) is 2.17. The topological polar surface area (TPSA) is 27.7 Å². The van der Waals surface area contributed by atoms with Gasteiger partial charge < -0.3 is 14.2 Å². The molecule has 0 saturated carbocycles. The minimum absolute atomic E-state index is 0.568. The zero-order valence-corrected chi connectivity index (χ0v) is 11.5. The van der Waals surface area contributed by atoms with E-state index in [1.165, 1.54) is 5.57 Å². The lowest BCUT2D eigenvalue weighted by atomic mass is 10.1. The maximum absolute atomic E-state index is 5.58. The van der Waals surface area contributed by atoms with Crippen molar-refractivity contribution in [1.82, 2.24) is 0 Å². The van der Waals surface area contributed by atoms with Gasteiger partial charge in [0.15, 0.2) is 11.5 Å². The molecule has 0 amide bonds. The van der Waals surface area contributed by atoms with E-state index in [0.29, 0.717) is 19.0 Å². The van der Waals surface area contributed by atoms with Crippen molar-refractivity contribution in [2.75, 3.05) is 25.7 Å². The molecule has 0 aromatic heterocycles. The largest absolute Gasteiger partial charge is 0.493 e. The van der Waals surface area contributed by atoms with Gasteiger partial charge in [-0.1, -0.05) is 27.6 Å². The summed E-state index contributed by atoms with van der Waals surface area (Å²) in [6.45, 7) is 3.22. The van der Waals surface area contributed by atoms with E-state index in [2.05, 4.69) is 28.9 Å². The minimum atomic E-state index is 0.568. The number of allylic oxidation sites excluding steroid dienone is 1. The Balaban J connectivity index is 2.42. The van der Waals surface area contributed by atoms with Crippen molar-refractivity contribution in [2.45, 2.75) is 6.92 Å². The zero-order valence-electron chi connectivity index (χ0n) is 9.96. The van der Waals surface area contributed by atoms with Gasteiger partial charge in [0, 0.05) is 5.33 Å². The molecule has 0 bridgehead atoms. The van der Waals surface area contributed by atoms with Crippen LogP contribution in [-0.4, -0.2) is 25.7 Å². The van der Waals surface area contributed by atoms with E-state index < -0.39 is 0 Å². The van der Waals surface area contributed by atoms with Crippen LogP contribution in [-0.2, 0) is 0 Å². The summed E-state index contributed by atoms with van der Waals surface area (Å²) in [5.41, 5.74) is 2.30. The normalized spacial score (nSPS) is 14.6. The summed E-state index contributed by atoms with van der Waals surface area (Å²) in [6.07, 6.45) is 2.09. The minimum Gasteiger partial charge on any atom is -0.493 e. The highest BCUT2D eigenvalue weighted by atomic mass is 79.9. The van der Waals surface area contributed by atoms with E-state index >= 15 is 0 Å². The van der Waals surface area contributed by atoms with E-state index in [1.54, 1.807) is 7.11 Å². The van der Waals surface area contributed by atoms with E-state index in [9.17, 15) is 0 Å². The van der Waals surface area contributed by atoms with Crippen LogP contribution in [0.3, 0.4) is 0 Å². The third-order valence-electron chi connectivity index (χ3n) is 2.47. The molecule has 1 aromatic carbocycles. The molecular formula is C13H15BrO3. The van der Waals surface area contributed by atoms with Crippen molar-refractivity contribution >= 4 is 22.0 Å². The number of benzene rings is 1. The van der Waals surface area contributed by atoms with Gasteiger partial charge in [-0.2, -0.15) is 0 Å². The molecule has 1 aliphatic heterocycles. The first-order valence-corrected chi connectivity index (χ1v) is 6.57. The predicted octanol–water partition coefficient (Wildman–Crippen LogP) is 3.26. The molecule has 1 aromatic rings. The van der Waals surface area contributed by atoms with Crippen LogP contribution in [0.5, 0.6) is 17.2 Å². The van der Waals surface area contributed by atoms with Gasteiger partial charge in [0.25, 0.3) is 0 Å². The molecule has 4 heteroatoms. The van der Waals surface area contributed by atoms with Crippen LogP contribution in [0.1, 0.15) is 12.5 Å². The second-order valence-corrected chi connectivity index (χ2v) is 4.43. The fourth-order valence-electron chi connectivity index (χ4n) is 1.70. The number of halogens is 1. The Morgan fingerprint density at radius 3 is 2.88 bits per heavy atom. The van der Waals surface area contributed by atoms with Crippen molar-refractivity contribution in [2.24, 2.45) is 0 Å². The van der Waals surface area contributed by atoms with E-state index in [-0.39, 0.29) is 0 Å². The summed E-state index contributed by atoms with van der Waals surface area (Å²) in [7, 11) is 1.64. The first kappa shape index (κ1) is 12.3. The van der Waals surface area contributed by atoms with Crippen LogP contribution in [0.15, 0.2) is 17.7 Å². The molecule has 0 spiro atoms. The Labute approximate surface area is 109 Å². The highest BCUT2D eigenvalue weighted by Gasteiger charge is 2.17. The van der Waals surface area contributed by atoms with Gasteiger partial charge in [0.2, 0.25) is 5.75 Å². The molecule has 0 aliphatic carbocycles. The predicted molar refractivity (Wildman–Crippen MR) is 71.4 cm³/mol. The molecule has 17 heavy (non-hydrogen) atoms. The maximum Gasteiger partial charge on any atom is 0.203 e. The molecule has 1 heterocycles.